The molecule has 3 N–H and O–H groups in total. The Bertz CT molecular complexity index is 1120. The summed E-state index contributed by atoms with van der Waals surface area (Å²) >= 11 is 0. The minimum Gasteiger partial charge on any atom is -0.312 e. The number of amides is 2. The van der Waals surface area contributed by atoms with Gasteiger partial charge in [-0.3, -0.25) is 30.2 Å². The second-order valence-corrected chi connectivity index (χ2v) is 6.27. The first kappa shape index (κ1) is 16.8. The van der Waals surface area contributed by atoms with Crippen molar-refractivity contribution in [2.45, 2.75) is 13.3 Å². The number of benzene rings is 2. The molecule has 0 fully saturated rings. The van der Waals surface area contributed by atoms with E-state index >= 15 is 0 Å². The standard InChI is InChI=1S/C19H17N5O3/c1-11(25)24-9-8-12-10-13(6-7-16(12)24)17(26)22-23-19-20-15-5-3-2-4-14(15)18(27)21-19/h2-7,10H,8-9H2,1H3,(H,22,26)(H2,20,21,23,27). The number of hydrazine groups is 1. The number of anilines is 2. The van der Waals surface area contributed by atoms with Gasteiger partial charge in [-0.15, -0.1) is 0 Å². The maximum absolute atomic E-state index is 12.4. The van der Waals surface area contributed by atoms with Gasteiger partial charge in [0.25, 0.3) is 11.5 Å². The van der Waals surface area contributed by atoms with Crippen LogP contribution in [0.4, 0.5) is 11.6 Å². The van der Waals surface area contributed by atoms with Crippen molar-refractivity contribution in [1.29, 1.82) is 0 Å². The van der Waals surface area contributed by atoms with Gasteiger partial charge in [-0.1, -0.05) is 12.1 Å². The summed E-state index contributed by atoms with van der Waals surface area (Å²) < 4.78 is 0. The highest BCUT2D eigenvalue weighted by Gasteiger charge is 2.23. The van der Waals surface area contributed by atoms with Crippen molar-refractivity contribution in [3.05, 3.63) is 63.9 Å². The van der Waals surface area contributed by atoms with E-state index in [1.807, 2.05) is 0 Å². The Kier molecular flexibility index (Phi) is 4.08. The molecular weight excluding hydrogens is 346 g/mol. The number of rotatable bonds is 3. The van der Waals surface area contributed by atoms with Gasteiger partial charge in [-0.05, 0) is 42.3 Å². The van der Waals surface area contributed by atoms with Gasteiger partial charge in [0, 0.05) is 24.7 Å². The van der Waals surface area contributed by atoms with E-state index in [0.717, 1.165) is 11.3 Å². The predicted molar refractivity (Wildman–Crippen MR) is 102 cm³/mol. The topological polar surface area (TPSA) is 107 Å². The number of fused-ring (bicyclic) bond motifs is 2. The Morgan fingerprint density at radius 2 is 2.00 bits per heavy atom. The van der Waals surface area contributed by atoms with Crippen LogP contribution in [0.5, 0.6) is 0 Å². The number of aromatic nitrogens is 2. The fourth-order valence-electron chi connectivity index (χ4n) is 3.20. The number of H-pyrrole nitrogens is 1. The zero-order valence-electron chi connectivity index (χ0n) is 14.6. The molecule has 27 heavy (non-hydrogen) atoms. The molecular formula is C19H17N5O3. The molecule has 8 heteroatoms. The predicted octanol–water partition coefficient (Wildman–Crippen LogP) is 1.59. The fraction of sp³-hybridized carbons (Fsp3) is 0.158. The summed E-state index contributed by atoms with van der Waals surface area (Å²) in [4.78, 5) is 44.6. The van der Waals surface area contributed by atoms with Crippen LogP contribution in [0.1, 0.15) is 22.8 Å². The average molecular weight is 363 g/mol. The maximum atomic E-state index is 12.4. The molecule has 8 nitrogen and oxygen atoms in total. The van der Waals surface area contributed by atoms with Crippen LogP contribution in [0, 0.1) is 0 Å². The number of hydrogen-bond acceptors (Lipinski definition) is 5. The lowest BCUT2D eigenvalue weighted by Crippen LogP contribution is -2.31. The maximum Gasteiger partial charge on any atom is 0.269 e. The summed E-state index contributed by atoms with van der Waals surface area (Å²) in [6, 6.07) is 12.1. The van der Waals surface area contributed by atoms with Crippen molar-refractivity contribution in [2.75, 3.05) is 16.9 Å². The summed E-state index contributed by atoms with van der Waals surface area (Å²) in [5.41, 5.74) is 7.65. The quantitative estimate of drug-likeness (QED) is 0.613. The van der Waals surface area contributed by atoms with E-state index in [1.165, 1.54) is 6.92 Å². The second-order valence-electron chi connectivity index (χ2n) is 6.27. The van der Waals surface area contributed by atoms with Crippen molar-refractivity contribution < 1.29 is 9.59 Å². The lowest BCUT2D eigenvalue weighted by molar-refractivity contribution is -0.116. The van der Waals surface area contributed by atoms with Crippen LogP contribution in [0.3, 0.4) is 0 Å². The minimum atomic E-state index is -0.366. The molecule has 2 heterocycles. The zero-order valence-corrected chi connectivity index (χ0v) is 14.6. The molecule has 0 radical (unpaired) electrons. The first-order valence-electron chi connectivity index (χ1n) is 8.49. The average Bonchev–Trinajstić information content (AvgIpc) is 3.09. The zero-order chi connectivity index (χ0) is 19.0. The Labute approximate surface area is 154 Å². The fourth-order valence-corrected chi connectivity index (χ4v) is 3.20. The molecule has 1 aliphatic rings. The van der Waals surface area contributed by atoms with E-state index in [4.69, 9.17) is 0 Å². The molecule has 0 aliphatic carbocycles. The van der Waals surface area contributed by atoms with Gasteiger partial charge < -0.3 is 4.90 Å². The first-order valence-corrected chi connectivity index (χ1v) is 8.49. The Hall–Kier alpha value is -3.68. The number of hydrogen-bond donors (Lipinski definition) is 3. The summed E-state index contributed by atoms with van der Waals surface area (Å²) in [5.74, 6) is -0.232. The highest BCUT2D eigenvalue weighted by molar-refractivity contribution is 5.98. The van der Waals surface area contributed by atoms with Crippen molar-refractivity contribution in [3.63, 3.8) is 0 Å². The van der Waals surface area contributed by atoms with Gasteiger partial charge in [0.2, 0.25) is 11.9 Å². The van der Waals surface area contributed by atoms with Gasteiger partial charge in [-0.2, -0.15) is 0 Å². The molecule has 0 unspecified atom stereocenters. The van der Waals surface area contributed by atoms with E-state index in [9.17, 15) is 14.4 Å². The molecule has 0 saturated carbocycles. The molecule has 2 amide bonds. The van der Waals surface area contributed by atoms with Crippen molar-refractivity contribution in [3.8, 4) is 0 Å². The van der Waals surface area contributed by atoms with Crippen LogP contribution in [-0.2, 0) is 11.2 Å². The number of nitrogens with one attached hydrogen (secondary N) is 3. The van der Waals surface area contributed by atoms with Crippen LogP contribution in [0.25, 0.3) is 10.9 Å². The number of aromatic amines is 1. The first-order chi connectivity index (χ1) is 13.0. The molecule has 2 aromatic carbocycles. The van der Waals surface area contributed by atoms with Gasteiger partial charge in [0.05, 0.1) is 10.9 Å². The van der Waals surface area contributed by atoms with Crippen LogP contribution in [0.15, 0.2) is 47.3 Å². The molecule has 1 aromatic heterocycles. The molecule has 0 saturated heterocycles. The van der Waals surface area contributed by atoms with Crippen LogP contribution >= 0.6 is 0 Å². The molecule has 3 aromatic rings. The van der Waals surface area contributed by atoms with Gasteiger partial charge in [0.1, 0.15) is 0 Å². The van der Waals surface area contributed by atoms with Crippen molar-refractivity contribution in [2.24, 2.45) is 0 Å². The number of carbonyl (C=O) groups excluding carboxylic acids is 2. The van der Waals surface area contributed by atoms with E-state index < -0.39 is 0 Å². The van der Waals surface area contributed by atoms with Gasteiger partial charge in [0.15, 0.2) is 0 Å². The second kappa shape index (κ2) is 6.56. The summed E-state index contributed by atoms with van der Waals surface area (Å²) in [5, 5.41) is 0.475. The summed E-state index contributed by atoms with van der Waals surface area (Å²) in [6.07, 6.45) is 0.711. The molecule has 136 valence electrons. The molecule has 4 rings (SSSR count). The van der Waals surface area contributed by atoms with E-state index in [-0.39, 0.29) is 23.3 Å². The molecule has 0 bridgehead atoms. The minimum absolute atomic E-state index is 0.0149. The Morgan fingerprint density at radius 3 is 2.81 bits per heavy atom. The monoisotopic (exact) mass is 363 g/mol. The lowest BCUT2D eigenvalue weighted by atomic mass is 10.1. The normalized spacial score (nSPS) is 12.7. The molecule has 0 spiro atoms. The van der Waals surface area contributed by atoms with E-state index in [2.05, 4.69) is 20.8 Å². The SMILES string of the molecule is CC(=O)N1CCc2cc(C(=O)NNc3nc4ccccc4c(=O)[nH]3)ccc21. The highest BCUT2D eigenvalue weighted by Crippen LogP contribution is 2.28. The smallest absolute Gasteiger partial charge is 0.269 e. The van der Waals surface area contributed by atoms with Crippen molar-refractivity contribution in [1.82, 2.24) is 15.4 Å². The van der Waals surface area contributed by atoms with Crippen LogP contribution < -0.4 is 21.3 Å². The Balaban J connectivity index is 1.50. The van der Waals surface area contributed by atoms with Crippen LogP contribution in [-0.4, -0.2) is 28.3 Å². The highest BCUT2D eigenvalue weighted by atomic mass is 16.2. The summed E-state index contributed by atoms with van der Waals surface area (Å²) in [7, 11) is 0. The number of carbonyl (C=O) groups is 2. The number of para-hydroxylation sites is 1. The van der Waals surface area contributed by atoms with E-state index in [1.54, 1.807) is 47.4 Å². The van der Waals surface area contributed by atoms with Crippen molar-refractivity contribution >= 4 is 34.4 Å². The third-order valence-electron chi connectivity index (χ3n) is 4.52. The van der Waals surface area contributed by atoms with Gasteiger partial charge >= 0.3 is 0 Å². The third kappa shape index (κ3) is 3.12. The van der Waals surface area contributed by atoms with E-state index in [0.29, 0.717) is 29.4 Å². The largest absolute Gasteiger partial charge is 0.312 e. The molecule has 0 atom stereocenters. The van der Waals surface area contributed by atoms with Gasteiger partial charge in [-0.25, -0.2) is 4.98 Å². The third-order valence-corrected chi connectivity index (χ3v) is 4.52. The molecule has 1 aliphatic heterocycles. The van der Waals surface area contributed by atoms with Crippen LogP contribution in [0.2, 0.25) is 0 Å². The summed E-state index contributed by atoms with van der Waals surface area (Å²) in [6.45, 7) is 2.15. The Morgan fingerprint density at radius 1 is 1.19 bits per heavy atom. The number of nitrogens with zero attached hydrogens (tertiary/aromatic N) is 2. The lowest BCUT2D eigenvalue weighted by Gasteiger charge is -2.15.